The second-order valence-electron chi connectivity index (χ2n) is 6.59. The molecule has 3 nitrogen and oxygen atoms in total. The molecule has 0 N–H and O–H groups in total. The summed E-state index contributed by atoms with van der Waals surface area (Å²) in [6.45, 7) is 7.27. The zero-order valence-corrected chi connectivity index (χ0v) is 16.4. The quantitative estimate of drug-likeness (QED) is 0.291. The van der Waals surface area contributed by atoms with Gasteiger partial charge in [-0.25, -0.2) is 4.79 Å². The van der Waals surface area contributed by atoms with Gasteiger partial charge < -0.3 is 9.47 Å². The van der Waals surface area contributed by atoms with Crippen molar-refractivity contribution in [2.75, 3.05) is 13.2 Å². The fourth-order valence-electron chi connectivity index (χ4n) is 3.00. The van der Waals surface area contributed by atoms with Crippen molar-refractivity contribution in [2.24, 2.45) is 0 Å². The van der Waals surface area contributed by atoms with Crippen LogP contribution in [0.3, 0.4) is 0 Å². The minimum Gasteiger partial charge on any atom is -0.492 e. The molecule has 0 amide bonds. The molecule has 1 aromatic rings. The number of ether oxygens (including phenoxy) is 2. The van der Waals surface area contributed by atoms with Crippen LogP contribution in [0.4, 0.5) is 0 Å². The van der Waals surface area contributed by atoms with Crippen LogP contribution in [-0.4, -0.2) is 19.2 Å². The van der Waals surface area contributed by atoms with Crippen LogP contribution in [0.2, 0.25) is 0 Å². The standard InChI is InChI=1S/C22H36O3/c1-4-7-8-9-10-11-12-13-18-25-21-19(15-5-2)16-14-17-20(21)22(23)24-6-3/h14,16-17H,4-13,15,18H2,1-3H3. The number of unbranched alkanes of at least 4 members (excludes halogenated alkanes) is 7. The molecule has 0 unspecified atom stereocenters. The molecule has 0 saturated carbocycles. The van der Waals surface area contributed by atoms with Gasteiger partial charge in [0.25, 0.3) is 0 Å². The minimum atomic E-state index is -0.286. The summed E-state index contributed by atoms with van der Waals surface area (Å²) in [7, 11) is 0. The zero-order chi connectivity index (χ0) is 18.3. The molecule has 0 bridgehead atoms. The molecule has 0 spiro atoms. The molecule has 0 fully saturated rings. The third-order valence-electron chi connectivity index (χ3n) is 4.36. The molecule has 25 heavy (non-hydrogen) atoms. The molecule has 0 saturated heterocycles. The average molecular weight is 349 g/mol. The highest BCUT2D eigenvalue weighted by Gasteiger charge is 2.16. The fraction of sp³-hybridized carbons (Fsp3) is 0.682. The number of para-hydroxylation sites is 1. The first kappa shape index (κ1) is 21.5. The van der Waals surface area contributed by atoms with Crippen LogP contribution >= 0.6 is 0 Å². The summed E-state index contributed by atoms with van der Waals surface area (Å²) in [6.07, 6.45) is 12.1. The van der Waals surface area contributed by atoms with Gasteiger partial charge in [0.2, 0.25) is 0 Å². The van der Waals surface area contributed by atoms with E-state index in [1.54, 1.807) is 6.07 Å². The molecule has 3 heteroatoms. The van der Waals surface area contributed by atoms with Gasteiger partial charge in [-0.1, -0.05) is 77.3 Å². The summed E-state index contributed by atoms with van der Waals surface area (Å²) < 4.78 is 11.2. The Bertz CT molecular complexity index is 482. The van der Waals surface area contributed by atoms with Gasteiger partial charge in [0.1, 0.15) is 11.3 Å². The Morgan fingerprint density at radius 2 is 1.56 bits per heavy atom. The maximum absolute atomic E-state index is 12.2. The van der Waals surface area contributed by atoms with Crippen molar-refractivity contribution in [3.63, 3.8) is 0 Å². The molecule has 0 aliphatic carbocycles. The zero-order valence-electron chi connectivity index (χ0n) is 16.4. The molecule has 142 valence electrons. The van der Waals surface area contributed by atoms with Gasteiger partial charge in [0.05, 0.1) is 13.2 Å². The van der Waals surface area contributed by atoms with Crippen molar-refractivity contribution < 1.29 is 14.3 Å². The summed E-state index contributed by atoms with van der Waals surface area (Å²) >= 11 is 0. The van der Waals surface area contributed by atoms with Crippen LogP contribution in [0.5, 0.6) is 5.75 Å². The molecular formula is C22H36O3. The monoisotopic (exact) mass is 348 g/mol. The van der Waals surface area contributed by atoms with Crippen molar-refractivity contribution >= 4 is 5.97 Å². The van der Waals surface area contributed by atoms with E-state index >= 15 is 0 Å². The maximum atomic E-state index is 12.2. The highest BCUT2D eigenvalue weighted by Crippen LogP contribution is 2.26. The first-order chi connectivity index (χ1) is 12.2. The minimum absolute atomic E-state index is 0.286. The summed E-state index contributed by atoms with van der Waals surface area (Å²) in [5, 5.41) is 0. The third kappa shape index (κ3) is 8.42. The van der Waals surface area contributed by atoms with E-state index < -0.39 is 0 Å². The summed E-state index contributed by atoms with van der Waals surface area (Å²) in [4.78, 5) is 12.2. The second kappa shape index (κ2) is 13.7. The number of carbonyl (C=O) groups excluding carboxylic acids is 1. The topological polar surface area (TPSA) is 35.5 Å². The average Bonchev–Trinajstić information content (AvgIpc) is 2.61. The van der Waals surface area contributed by atoms with Crippen LogP contribution in [0.25, 0.3) is 0 Å². The maximum Gasteiger partial charge on any atom is 0.341 e. The SMILES string of the molecule is CCCCCCCCCCOc1c(CCC)cccc1C(=O)OCC. The molecule has 0 aliphatic heterocycles. The highest BCUT2D eigenvalue weighted by molar-refractivity contribution is 5.93. The van der Waals surface area contributed by atoms with E-state index in [1.807, 2.05) is 13.0 Å². The van der Waals surface area contributed by atoms with E-state index in [-0.39, 0.29) is 5.97 Å². The predicted molar refractivity (Wildman–Crippen MR) is 104 cm³/mol. The number of carbonyl (C=O) groups is 1. The number of benzene rings is 1. The van der Waals surface area contributed by atoms with Crippen molar-refractivity contribution in [1.82, 2.24) is 0 Å². The van der Waals surface area contributed by atoms with Crippen LogP contribution in [0.15, 0.2) is 18.2 Å². The summed E-state index contributed by atoms with van der Waals surface area (Å²) in [5.74, 6) is 0.442. The fourth-order valence-corrected chi connectivity index (χ4v) is 3.00. The number of esters is 1. The lowest BCUT2D eigenvalue weighted by Crippen LogP contribution is -2.10. The second-order valence-corrected chi connectivity index (χ2v) is 6.59. The third-order valence-corrected chi connectivity index (χ3v) is 4.36. The Labute approximate surface area is 154 Å². The van der Waals surface area contributed by atoms with E-state index in [0.717, 1.165) is 30.6 Å². The van der Waals surface area contributed by atoms with Crippen molar-refractivity contribution in [3.8, 4) is 5.75 Å². The Hall–Kier alpha value is -1.51. The van der Waals surface area contributed by atoms with Crippen LogP contribution < -0.4 is 4.74 Å². The van der Waals surface area contributed by atoms with Crippen molar-refractivity contribution in [1.29, 1.82) is 0 Å². The largest absolute Gasteiger partial charge is 0.492 e. The molecular weight excluding hydrogens is 312 g/mol. The lowest BCUT2D eigenvalue weighted by atomic mass is 10.0. The van der Waals surface area contributed by atoms with E-state index in [1.165, 1.54) is 44.9 Å². The molecule has 0 radical (unpaired) electrons. The summed E-state index contributed by atoms with van der Waals surface area (Å²) in [6, 6.07) is 5.77. The molecule has 0 atom stereocenters. The Morgan fingerprint density at radius 3 is 2.20 bits per heavy atom. The van der Waals surface area contributed by atoms with Gasteiger partial charge in [-0.15, -0.1) is 0 Å². The van der Waals surface area contributed by atoms with E-state index in [0.29, 0.717) is 18.8 Å². The molecule has 0 aliphatic rings. The lowest BCUT2D eigenvalue weighted by Gasteiger charge is -2.15. The molecule has 0 heterocycles. The number of aryl methyl sites for hydroxylation is 1. The van der Waals surface area contributed by atoms with Crippen molar-refractivity contribution in [3.05, 3.63) is 29.3 Å². The number of rotatable bonds is 14. The normalized spacial score (nSPS) is 10.7. The summed E-state index contributed by atoms with van der Waals surface area (Å²) in [5.41, 5.74) is 1.67. The number of hydrogen-bond acceptors (Lipinski definition) is 3. The molecule has 1 aromatic carbocycles. The van der Waals surface area contributed by atoms with Crippen molar-refractivity contribution in [2.45, 2.75) is 85.0 Å². The lowest BCUT2D eigenvalue weighted by molar-refractivity contribution is 0.0521. The first-order valence-corrected chi connectivity index (χ1v) is 10.2. The van der Waals surface area contributed by atoms with Gasteiger partial charge in [-0.2, -0.15) is 0 Å². The first-order valence-electron chi connectivity index (χ1n) is 10.2. The van der Waals surface area contributed by atoms with E-state index in [4.69, 9.17) is 9.47 Å². The number of hydrogen-bond donors (Lipinski definition) is 0. The van der Waals surface area contributed by atoms with Gasteiger partial charge in [-0.05, 0) is 31.4 Å². The van der Waals surface area contributed by atoms with E-state index in [2.05, 4.69) is 19.9 Å². The molecule has 0 aromatic heterocycles. The van der Waals surface area contributed by atoms with Crippen LogP contribution in [-0.2, 0) is 11.2 Å². The Morgan fingerprint density at radius 1 is 0.880 bits per heavy atom. The highest BCUT2D eigenvalue weighted by atomic mass is 16.5. The Kier molecular flexibility index (Phi) is 11.8. The van der Waals surface area contributed by atoms with Crippen LogP contribution in [0.1, 0.15) is 94.5 Å². The predicted octanol–water partition coefficient (Wildman–Crippen LogP) is 6.34. The Balaban J connectivity index is 2.48. The van der Waals surface area contributed by atoms with Gasteiger partial charge in [0, 0.05) is 0 Å². The van der Waals surface area contributed by atoms with E-state index in [9.17, 15) is 4.79 Å². The van der Waals surface area contributed by atoms with Gasteiger partial charge in [0.15, 0.2) is 0 Å². The van der Waals surface area contributed by atoms with Crippen LogP contribution in [0, 0.1) is 0 Å². The molecule has 1 rings (SSSR count). The smallest absolute Gasteiger partial charge is 0.341 e. The van der Waals surface area contributed by atoms with Gasteiger partial charge >= 0.3 is 5.97 Å². The van der Waals surface area contributed by atoms with Gasteiger partial charge in [-0.3, -0.25) is 0 Å².